The van der Waals surface area contributed by atoms with E-state index in [-0.39, 0.29) is 30.2 Å². The van der Waals surface area contributed by atoms with E-state index in [0.717, 1.165) is 37.1 Å². The van der Waals surface area contributed by atoms with Gasteiger partial charge in [0.05, 0.1) is 0 Å². The molecular formula is C29H31FN4O4. The SMILES string of the molecule is CC(C)N1CCC(Oc2ccc(-c3cc(-c4ccc5c(c4)CCNC5=O)c(N)nc3F)c3c2OCO3)CC1. The average Bonchev–Trinajstić information content (AvgIpc) is 3.40. The van der Waals surface area contributed by atoms with Gasteiger partial charge < -0.3 is 30.2 Å². The van der Waals surface area contributed by atoms with Gasteiger partial charge in [0.25, 0.3) is 5.91 Å². The van der Waals surface area contributed by atoms with Crippen LogP contribution >= 0.6 is 0 Å². The summed E-state index contributed by atoms with van der Waals surface area (Å²) in [6, 6.07) is 11.3. The Hall–Kier alpha value is -3.85. The van der Waals surface area contributed by atoms with Crippen molar-refractivity contribution in [1.29, 1.82) is 0 Å². The minimum absolute atomic E-state index is 0.0261. The molecule has 4 heterocycles. The van der Waals surface area contributed by atoms with Crippen LogP contribution in [0, 0.1) is 5.95 Å². The summed E-state index contributed by atoms with van der Waals surface area (Å²) in [7, 11) is 0. The number of benzene rings is 2. The highest BCUT2D eigenvalue weighted by Gasteiger charge is 2.29. The lowest BCUT2D eigenvalue weighted by Gasteiger charge is -2.34. The van der Waals surface area contributed by atoms with Gasteiger partial charge in [-0.3, -0.25) is 4.79 Å². The number of rotatable bonds is 5. The van der Waals surface area contributed by atoms with Gasteiger partial charge in [-0.15, -0.1) is 0 Å². The number of nitrogen functional groups attached to an aromatic ring is 1. The number of anilines is 1. The first kappa shape index (κ1) is 24.5. The van der Waals surface area contributed by atoms with Gasteiger partial charge in [0, 0.05) is 47.9 Å². The van der Waals surface area contributed by atoms with Crippen molar-refractivity contribution in [3.8, 4) is 39.5 Å². The zero-order valence-electron chi connectivity index (χ0n) is 21.6. The lowest BCUT2D eigenvalue weighted by Crippen LogP contribution is -2.41. The van der Waals surface area contributed by atoms with Crippen molar-refractivity contribution in [1.82, 2.24) is 15.2 Å². The Morgan fingerprint density at radius 2 is 1.82 bits per heavy atom. The van der Waals surface area contributed by atoms with Crippen LogP contribution < -0.4 is 25.3 Å². The largest absolute Gasteiger partial charge is 0.486 e. The number of carbonyl (C=O) groups is 1. The van der Waals surface area contributed by atoms with Crippen LogP contribution in [0.25, 0.3) is 22.3 Å². The first-order valence-electron chi connectivity index (χ1n) is 13.1. The highest BCUT2D eigenvalue weighted by atomic mass is 19.1. The molecule has 38 heavy (non-hydrogen) atoms. The quantitative estimate of drug-likeness (QED) is 0.483. The molecule has 0 bridgehead atoms. The van der Waals surface area contributed by atoms with Gasteiger partial charge >= 0.3 is 0 Å². The predicted octanol–water partition coefficient (Wildman–Crippen LogP) is 4.40. The van der Waals surface area contributed by atoms with Crippen molar-refractivity contribution in [3.63, 3.8) is 0 Å². The van der Waals surface area contributed by atoms with Gasteiger partial charge in [0.1, 0.15) is 11.9 Å². The molecule has 0 spiro atoms. The van der Waals surface area contributed by atoms with E-state index in [9.17, 15) is 4.79 Å². The number of nitrogens with zero attached hydrogens (tertiary/aromatic N) is 2. The Morgan fingerprint density at radius 1 is 1.05 bits per heavy atom. The maximum Gasteiger partial charge on any atom is 0.251 e. The van der Waals surface area contributed by atoms with Crippen LogP contribution in [0.15, 0.2) is 36.4 Å². The first-order chi connectivity index (χ1) is 18.4. The molecule has 3 aromatic rings. The van der Waals surface area contributed by atoms with E-state index in [1.165, 1.54) is 0 Å². The van der Waals surface area contributed by atoms with Crippen LogP contribution in [0.2, 0.25) is 0 Å². The molecule has 1 saturated heterocycles. The molecule has 0 atom stereocenters. The minimum atomic E-state index is -0.698. The lowest BCUT2D eigenvalue weighted by molar-refractivity contribution is 0.0812. The Morgan fingerprint density at radius 3 is 2.61 bits per heavy atom. The van der Waals surface area contributed by atoms with Gasteiger partial charge in [0.15, 0.2) is 11.5 Å². The minimum Gasteiger partial charge on any atom is -0.486 e. The Bertz CT molecular complexity index is 1400. The normalized spacial score (nSPS) is 17.4. The summed E-state index contributed by atoms with van der Waals surface area (Å²) < 4.78 is 33.1. The Kier molecular flexibility index (Phi) is 6.31. The molecule has 0 radical (unpaired) electrons. The number of nitrogens with two attached hydrogens (primary N) is 1. The van der Waals surface area contributed by atoms with Crippen molar-refractivity contribution in [2.24, 2.45) is 0 Å². The maximum atomic E-state index is 15.2. The van der Waals surface area contributed by atoms with Crippen LogP contribution in [0.4, 0.5) is 10.2 Å². The second-order valence-electron chi connectivity index (χ2n) is 10.3. The molecule has 0 unspecified atom stereocenters. The third-order valence-electron chi connectivity index (χ3n) is 7.62. The van der Waals surface area contributed by atoms with Crippen molar-refractivity contribution < 1.29 is 23.4 Å². The van der Waals surface area contributed by atoms with Crippen molar-refractivity contribution >= 4 is 11.7 Å². The van der Waals surface area contributed by atoms with Crippen LogP contribution in [0.3, 0.4) is 0 Å². The fourth-order valence-electron chi connectivity index (χ4n) is 5.49. The van der Waals surface area contributed by atoms with Gasteiger partial charge in [-0.2, -0.15) is 4.39 Å². The number of amides is 1. The zero-order valence-corrected chi connectivity index (χ0v) is 21.6. The highest BCUT2D eigenvalue weighted by molar-refractivity contribution is 5.97. The number of hydrogen-bond donors (Lipinski definition) is 2. The van der Waals surface area contributed by atoms with E-state index in [2.05, 4.69) is 29.0 Å². The summed E-state index contributed by atoms with van der Waals surface area (Å²) in [6.07, 6.45) is 2.65. The van der Waals surface area contributed by atoms with E-state index in [1.807, 2.05) is 18.2 Å². The van der Waals surface area contributed by atoms with Gasteiger partial charge in [-0.05, 0) is 68.5 Å². The van der Waals surface area contributed by atoms with E-state index in [1.54, 1.807) is 18.2 Å². The maximum absolute atomic E-state index is 15.2. The topological polar surface area (TPSA) is 98.9 Å². The molecule has 8 nitrogen and oxygen atoms in total. The summed E-state index contributed by atoms with van der Waals surface area (Å²) in [5, 5.41) is 2.84. The van der Waals surface area contributed by atoms with Gasteiger partial charge in [0.2, 0.25) is 18.5 Å². The van der Waals surface area contributed by atoms with E-state index >= 15 is 4.39 Å². The highest BCUT2D eigenvalue weighted by Crippen LogP contribution is 2.49. The van der Waals surface area contributed by atoms with Crippen LogP contribution in [0.1, 0.15) is 42.6 Å². The number of aromatic nitrogens is 1. The third kappa shape index (κ3) is 4.41. The summed E-state index contributed by atoms with van der Waals surface area (Å²) in [5.41, 5.74) is 9.85. The fourth-order valence-corrected chi connectivity index (χ4v) is 5.49. The number of ether oxygens (including phenoxy) is 3. The van der Waals surface area contributed by atoms with Crippen molar-refractivity contribution in [2.75, 3.05) is 32.2 Å². The molecule has 3 aliphatic rings. The summed E-state index contributed by atoms with van der Waals surface area (Å²) in [6.45, 7) is 6.98. The molecule has 1 amide bonds. The number of likely N-dealkylation sites (tertiary alicyclic amines) is 1. The summed E-state index contributed by atoms with van der Waals surface area (Å²) >= 11 is 0. The second-order valence-corrected chi connectivity index (χ2v) is 10.3. The van der Waals surface area contributed by atoms with Crippen LogP contribution in [-0.4, -0.2) is 54.4 Å². The molecule has 9 heteroatoms. The molecule has 3 N–H and O–H groups in total. The van der Waals surface area contributed by atoms with Gasteiger partial charge in [-0.25, -0.2) is 4.98 Å². The first-order valence-corrected chi connectivity index (χ1v) is 13.1. The molecule has 3 aliphatic heterocycles. The number of fused-ring (bicyclic) bond motifs is 2. The number of piperidine rings is 1. The van der Waals surface area contributed by atoms with E-state index < -0.39 is 5.95 Å². The van der Waals surface area contributed by atoms with Crippen molar-refractivity contribution in [3.05, 3.63) is 53.5 Å². The molecule has 1 fully saturated rings. The molecular weight excluding hydrogens is 487 g/mol. The Balaban J connectivity index is 1.32. The fraction of sp³-hybridized carbons (Fsp3) is 0.379. The summed E-state index contributed by atoms with van der Waals surface area (Å²) in [4.78, 5) is 18.6. The third-order valence-corrected chi connectivity index (χ3v) is 7.62. The average molecular weight is 519 g/mol. The standard InChI is InChI=1S/C29H31FN4O4/c1-16(2)34-11-8-19(9-12-34)38-24-6-5-21(25-26(24)37-15-36-25)23-14-22(28(31)33-27(23)30)17-3-4-20-18(13-17)7-10-32-29(20)35/h3-6,13-14,16,19H,7-12,15H2,1-2H3,(H2,31,33)(H,32,35). The molecule has 1 aromatic heterocycles. The smallest absolute Gasteiger partial charge is 0.251 e. The number of pyridine rings is 1. The zero-order chi connectivity index (χ0) is 26.4. The molecule has 198 valence electrons. The Labute approximate surface area is 220 Å². The predicted molar refractivity (Wildman–Crippen MR) is 142 cm³/mol. The van der Waals surface area contributed by atoms with E-state index in [4.69, 9.17) is 19.9 Å². The van der Waals surface area contributed by atoms with Crippen LogP contribution in [-0.2, 0) is 6.42 Å². The second kappa shape index (κ2) is 9.79. The number of nitrogens with one attached hydrogen (secondary N) is 1. The number of carbonyl (C=O) groups excluding carboxylic acids is 1. The van der Waals surface area contributed by atoms with Crippen molar-refractivity contribution in [2.45, 2.75) is 45.3 Å². The number of hydrogen-bond acceptors (Lipinski definition) is 7. The van der Waals surface area contributed by atoms with Gasteiger partial charge in [-0.1, -0.05) is 12.1 Å². The molecule has 0 saturated carbocycles. The molecule has 6 rings (SSSR count). The summed E-state index contributed by atoms with van der Waals surface area (Å²) in [5.74, 6) is 0.793. The van der Waals surface area contributed by atoms with Crippen LogP contribution in [0.5, 0.6) is 17.2 Å². The monoisotopic (exact) mass is 518 g/mol. The number of halogens is 1. The molecule has 2 aromatic carbocycles. The lowest BCUT2D eigenvalue weighted by atomic mass is 9.94. The molecule has 0 aliphatic carbocycles. The van der Waals surface area contributed by atoms with E-state index in [0.29, 0.717) is 52.9 Å².